The maximum Gasteiger partial charge on any atom is 0.305 e. The highest BCUT2D eigenvalue weighted by Crippen LogP contribution is 2.22. The molecule has 1 saturated heterocycles. The molecule has 7 heteroatoms. The number of amides is 1. The summed E-state index contributed by atoms with van der Waals surface area (Å²) in [6, 6.07) is 6.03. The number of nitrogens with one attached hydrogen (secondary N) is 1. The van der Waals surface area contributed by atoms with Gasteiger partial charge < -0.3 is 19.7 Å². The summed E-state index contributed by atoms with van der Waals surface area (Å²) in [7, 11) is 0. The molecular formula is C17H19FN2O4. The molecule has 6 nitrogen and oxygen atoms in total. The number of hydrogen-bond donors (Lipinski definition) is 2. The first-order valence-corrected chi connectivity index (χ1v) is 7.94. The van der Waals surface area contributed by atoms with Crippen molar-refractivity contribution >= 4 is 22.8 Å². The third kappa shape index (κ3) is 3.41. The van der Waals surface area contributed by atoms with Gasteiger partial charge in [0.25, 0.3) is 5.91 Å². The van der Waals surface area contributed by atoms with Crippen molar-refractivity contribution in [2.24, 2.45) is 0 Å². The highest BCUT2D eigenvalue weighted by Gasteiger charge is 2.28. The van der Waals surface area contributed by atoms with Gasteiger partial charge in [-0.05, 0) is 31.0 Å². The Balaban J connectivity index is 1.87. The average Bonchev–Trinajstić information content (AvgIpc) is 3.01. The minimum atomic E-state index is -0.956. The first kappa shape index (κ1) is 16.4. The quantitative estimate of drug-likeness (QED) is 0.879. The number of aliphatic carboxylic acids is 1. The van der Waals surface area contributed by atoms with E-state index in [1.54, 1.807) is 17.0 Å². The van der Waals surface area contributed by atoms with Crippen LogP contribution in [0.1, 0.15) is 29.8 Å². The number of carboxylic acid groups (broad SMARTS) is 1. The van der Waals surface area contributed by atoms with Crippen molar-refractivity contribution < 1.29 is 23.8 Å². The Labute approximate surface area is 138 Å². The molecule has 1 aromatic heterocycles. The van der Waals surface area contributed by atoms with Gasteiger partial charge in [0, 0.05) is 36.7 Å². The van der Waals surface area contributed by atoms with Crippen molar-refractivity contribution in [1.29, 1.82) is 0 Å². The number of ether oxygens (including phenoxy) is 1. The molecule has 24 heavy (non-hydrogen) atoms. The fourth-order valence-corrected chi connectivity index (χ4v) is 3.05. The summed E-state index contributed by atoms with van der Waals surface area (Å²) >= 11 is 0. The van der Waals surface area contributed by atoms with Gasteiger partial charge in [-0.2, -0.15) is 0 Å². The van der Waals surface area contributed by atoms with Crippen LogP contribution in [0.4, 0.5) is 4.39 Å². The van der Waals surface area contributed by atoms with E-state index in [1.165, 1.54) is 12.1 Å². The van der Waals surface area contributed by atoms with Gasteiger partial charge in [0.2, 0.25) is 0 Å². The molecule has 2 heterocycles. The second-order valence-corrected chi connectivity index (χ2v) is 5.87. The molecule has 0 radical (unpaired) electrons. The SMILES string of the molecule is O=C(O)CCN(C(=O)c1cc2c(F)cccc2[nH]1)C1CCOCC1. The second kappa shape index (κ2) is 7.00. The number of hydrogen-bond acceptors (Lipinski definition) is 3. The molecule has 2 N–H and O–H groups in total. The van der Waals surface area contributed by atoms with Gasteiger partial charge in [0.15, 0.2) is 0 Å². The van der Waals surface area contributed by atoms with E-state index in [4.69, 9.17) is 9.84 Å². The van der Waals surface area contributed by atoms with Crippen LogP contribution in [0.2, 0.25) is 0 Å². The van der Waals surface area contributed by atoms with E-state index in [9.17, 15) is 14.0 Å². The molecule has 1 aliphatic heterocycles. The number of halogens is 1. The molecule has 0 unspecified atom stereocenters. The molecule has 0 atom stereocenters. The van der Waals surface area contributed by atoms with Crippen LogP contribution in [0.5, 0.6) is 0 Å². The normalized spacial score (nSPS) is 15.5. The number of nitrogens with zero attached hydrogens (tertiary/aromatic N) is 1. The van der Waals surface area contributed by atoms with Crippen LogP contribution in [-0.4, -0.2) is 52.7 Å². The molecule has 3 rings (SSSR count). The molecule has 0 spiro atoms. The zero-order valence-electron chi connectivity index (χ0n) is 13.1. The zero-order chi connectivity index (χ0) is 17.1. The Morgan fingerprint density at radius 2 is 2.08 bits per heavy atom. The summed E-state index contributed by atoms with van der Waals surface area (Å²) in [5.41, 5.74) is 0.815. The van der Waals surface area contributed by atoms with E-state index in [0.29, 0.717) is 37.0 Å². The monoisotopic (exact) mass is 334 g/mol. The molecule has 128 valence electrons. The predicted octanol–water partition coefficient (Wildman–Crippen LogP) is 2.40. The van der Waals surface area contributed by atoms with Crippen LogP contribution in [0.3, 0.4) is 0 Å². The topological polar surface area (TPSA) is 82.6 Å². The van der Waals surface area contributed by atoms with Crippen molar-refractivity contribution in [2.75, 3.05) is 19.8 Å². The third-order valence-corrected chi connectivity index (χ3v) is 4.30. The van der Waals surface area contributed by atoms with E-state index in [0.717, 1.165) is 0 Å². The standard InChI is InChI=1S/C17H19FN2O4/c18-13-2-1-3-14-12(13)10-15(19-14)17(23)20(7-4-16(21)22)11-5-8-24-9-6-11/h1-3,10-11,19H,4-9H2,(H,21,22). The summed E-state index contributed by atoms with van der Waals surface area (Å²) in [4.78, 5) is 28.3. The molecule has 0 bridgehead atoms. The van der Waals surface area contributed by atoms with Crippen molar-refractivity contribution in [1.82, 2.24) is 9.88 Å². The highest BCUT2D eigenvalue weighted by atomic mass is 19.1. The summed E-state index contributed by atoms with van der Waals surface area (Å²) < 4.78 is 19.1. The Morgan fingerprint density at radius 1 is 1.33 bits per heavy atom. The molecule has 1 amide bonds. The lowest BCUT2D eigenvalue weighted by Crippen LogP contribution is -2.44. The van der Waals surface area contributed by atoms with Crippen LogP contribution in [0.15, 0.2) is 24.3 Å². The molecule has 1 fully saturated rings. The Morgan fingerprint density at radius 3 is 2.75 bits per heavy atom. The van der Waals surface area contributed by atoms with Crippen molar-refractivity contribution in [2.45, 2.75) is 25.3 Å². The number of benzene rings is 1. The summed E-state index contributed by atoms with van der Waals surface area (Å²) in [6.07, 6.45) is 1.21. The molecular weight excluding hydrogens is 315 g/mol. The fraction of sp³-hybridized carbons (Fsp3) is 0.412. The predicted molar refractivity (Wildman–Crippen MR) is 85.4 cm³/mol. The molecule has 1 aromatic carbocycles. The minimum Gasteiger partial charge on any atom is -0.481 e. The van der Waals surface area contributed by atoms with Crippen molar-refractivity contribution in [3.8, 4) is 0 Å². The summed E-state index contributed by atoms with van der Waals surface area (Å²) in [5, 5.41) is 9.30. The van der Waals surface area contributed by atoms with Gasteiger partial charge in [-0.3, -0.25) is 9.59 Å². The molecule has 0 aliphatic carbocycles. The van der Waals surface area contributed by atoms with Crippen LogP contribution in [-0.2, 0) is 9.53 Å². The third-order valence-electron chi connectivity index (χ3n) is 4.30. The minimum absolute atomic E-state index is 0.0677. The zero-order valence-corrected chi connectivity index (χ0v) is 13.1. The smallest absolute Gasteiger partial charge is 0.305 e. The molecule has 1 aliphatic rings. The number of aromatic amines is 1. The van der Waals surface area contributed by atoms with Crippen molar-refractivity contribution in [3.63, 3.8) is 0 Å². The Kier molecular flexibility index (Phi) is 4.80. The fourth-order valence-electron chi connectivity index (χ4n) is 3.05. The number of carbonyl (C=O) groups is 2. The molecule has 2 aromatic rings. The first-order chi connectivity index (χ1) is 11.6. The lowest BCUT2D eigenvalue weighted by atomic mass is 10.1. The van der Waals surface area contributed by atoms with Gasteiger partial charge in [-0.15, -0.1) is 0 Å². The first-order valence-electron chi connectivity index (χ1n) is 7.94. The Hall–Kier alpha value is -2.41. The van der Waals surface area contributed by atoms with E-state index in [-0.39, 0.29) is 30.6 Å². The Bertz CT molecular complexity index is 752. The highest BCUT2D eigenvalue weighted by molar-refractivity contribution is 5.98. The van der Waals surface area contributed by atoms with Gasteiger partial charge in [-0.25, -0.2) is 4.39 Å². The second-order valence-electron chi connectivity index (χ2n) is 5.87. The summed E-state index contributed by atoms with van der Waals surface area (Å²) in [5.74, 6) is -1.66. The van der Waals surface area contributed by atoms with E-state index in [2.05, 4.69) is 4.98 Å². The van der Waals surface area contributed by atoms with E-state index < -0.39 is 11.8 Å². The number of rotatable bonds is 5. The van der Waals surface area contributed by atoms with Crippen molar-refractivity contribution in [3.05, 3.63) is 35.8 Å². The van der Waals surface area contributed by atoms with Gasteiger partial charge in [0.05, 0.1) is 6.42 Å². The lowest BCUT2D eigenvalue weighted by molar-refractivity contribution is -0.137. The van der Waals surface area contributed by atoms with Gasteiger partial charge in [0.1, 0.15) is 11.5 Å². The maximum absolute atomic E-state index is 13.8. The number of carboxylic acids is 1. The van der Waals surface area contributed by atoms with Gasteiger partial charge >= 0.3 is 5.97 Å². The lowest BCUT2D eigenvalue weighted by Gasteiger charge is -2.33. The van der Waals surface area contributed by atoms with Crippen LogP contribution < -0.4 is 0 Å². The average molecular weight is 334 g/mol. The van der Waals surface area contributed by atoms with Gasteiger partial charge in [-0.1, -0.05) is 6.07 Å². The van der Waals surface area contributed by atoms with Crippen LogP contribution in [0, 0.1) is 5.82 Å². The van der Waals surface area contributed by atoms with Crippen LogP contribution in [0.25, 0.3) is 10.9 Å². The number of aromatic nitrogens is 1. The largest absolute Gasteiger partial charge is 0.481 e. The van der Waals surface area contributed by atoms with Crippen LogP contribution >= 0.6 is 0 Å². The summed E-state index contributed by atoms with van der Waals surface area (Å²) in [6.45, 7) is 1.21. The number of carbonyl (C=O) groups excluding carboxylic acids is 1. The van der Waals surface area contributed by atoms with E-state index in [1.807, 2.05) is 0 Å². The van der Waals surface area contributed by atoms with E-state index >= 15 is 0 Å². The number of fused-ring (bicyclic) bond motifs is 1. The number of H-pyrrole nitrogens is 1. The molecule has 0 saturated carbocycles. The maximum atomic E-state index is 13.8.